The van der Waals surface area contributed by atoms with E-state index in [9.17, 15) is 0 Å². The molecule has 2 unspecified atom stereocenters. The molecule has 0 saturated carbocycles. The number of aliphatic imine (C=N–C) groups is 1. The van der Waals surface area contributed by atoms with Gasteiger partial charge in [0.05, 0.1) is 38.7 Å². The number of nitrogens with zero attached hydrogens (tertiary/aromatic N) is 2. The maximum atomic E-state index is 7.82. The Kier molecular flexibility index (Phi) is 15.4. The van der Waals surface area contributed by atoms with Gasteiger partial charge in [0, 0.05) is 18.2 Å². The Morgan fingerprint density at radius 3 is 1.44 bits per heavy atom. The highest BCUT2D eigenvalue weighted by Crippen LogP contribution is 2.31. The molecule has 0 aliphatic rings. The van der Waals surface area contributed by atoms with Crippen LogP contribution in [-0.4, -0.2) is 32.1 Å². The van der Waals surface area contributed by atoms with Crippen LogP contribution in [0.4, 0.5) is 0 Å². The highest BCUT2D eigenvalue weighted by molar-refractivity contribution is 6.12. The van der Waals surface area contributed by atoms with Crippen molar-refractivity contribution >= 4 is 11.3 Å². The second-order valence-electron chi connectivity index (χ2n) is 14.0. The first-order chi connectivity index (χ1) is 28.1. The summed E-state index contributed by atoms with van der Waals surface area (Å²) in [7, 11) is 1.83. The Labute approximate surface area is 338 Å². The van der Waals surface area contributed by atoms with Crippen LogP contribution in [0.15, 0.2) is 179 Å². The van der Waals surface area contributed by atoms with Gasteiger partial charge in [-0.05, 0) is 57.4 Å². The van der Waals surface area contributed by atoms with E-state index in [1.165, 1.54) is 22.3 Å². The number of benzene rings is 6. The maximum absolute atomic E-state index is 7.82. The van der Waals surface area contributed by atoms with Crippen LogP contribution in [0.5, 0.6) is 0 Å². The molecule has 0 heterocycles. The van der Waals surface area contributed by atoms with Crippen molar-refractivity contribution in [2.75, 3.05) is 20.3 Å². The Bertz CT molecular complexity index is 2160. The first-order valence-electron chi connectivity index (χ1n) is 19.9. The average molecular weight is 756 g/mol. The molecule has 0 fully saturated rings. The highest BCUT2D eigenvalue weighted by atomic mass is 16.6. The van der Waals surface area contributed by atoms with E-state index < -0.39 is 0 Å². The number of allylic oxidation sites excluding steroid dienone is 1. The van der Waals surface area contributed by atoms with E-state index in [-0.39, 0.29) is 12.1 Å². The topological polar surface area (TPSA) is 76.3 Å². The molecule has 6 aromatic rings. The molecule has 0 saturated heterocycles. The zero-order valence-corrected chi connectivity index (χ0v) is 33.3. The Morgan fingerprint density at radius 1 is 0.509 bits per heavy atom. The van der Waals surface area contributed by atoms with Crippen molar-refractivity contribution in [3.63, 3.8) is 0 Å². The van der Waals surface area contributed by atoms with Gasteiger partial charge in [0.25, 0.3) is 0 Å². The lowest BCUT2D eigenvalue weighted by Gasteiger charge is -2.19. The molecule has 0 bridgehead atoms. The van der Waals surface area contributed by atoms with Crippen LogP contribution >= 0.6 is 0 Å². The van der Waals surface area contributed by atoms with Gasteiger partial charge in [0.1, 0.15) is 12.1 Å². The normalized spacial score (nSPS) is 12.5. The molecular formula is C51H53N3O3. The molecule has 290 valence electrons. The van der Waals surface area contributed by atoms with Gasteiger partial charge in [0.15, 0.2) is 0 Å². The lowest BCUT2D eigenvalue weighted by Crippen LogP contribution is -2.25. The lowest BCUT2D eigenvalue weighted by molar-refractivity contribution is -0.0729. The van der Waals surface area contributed by atoms with E-state index >= 15 is 0 Å². The number of rotatable bonds is 20. The van der Waals surface area contributed by atoms with Crippen LogP contribution in [0, 0.1) is 5.53 Å². The largest absolute Gasteiger partial charge is 0.374 e. The fourth-order valence-electron chi connectivity index (χ4n) is 7.08. The summed E-state index contributed by atoms with van der Waals surface area (Å²) in [6, 6.07) is 55.8. The Morgan fingerprint density at radius 2 is 0.930 bits per heavy atom. The molecule has 0 aromatic heterocycles. The first kappa shape index (κ1) is 40.9. The molecule has 0 radical (unpaired) electrons. The standard InChI is InChI=1S/C51H53N3O3/c1-4-41(5-2)49(42-15-9-6-10-16-42)43-27-21-38(22-28-43)33-55-36-48(57-35-40-25-31-47(32-26-40)51(54-52)45-19-13-8-14-20-45)37-56-34-39-23-29-46(30-24-39)50(53-3)44-17-11-7-12-18-44/h6-32,48,51-52H,4-5,33-37H2,1-3H3. The smallest absolute Gasteiger partial charge is 0.121 e. The number of hydrogen-bond acceptors (Lipinski definition) is 6. The van der Waals surface area contributed by atoms with Crippen LogP contribution in [0.3, 0.4) is 0 Å². The van der Waals surface area contributed by atoms with Crippen molar-refractivity contribution in [1.29, 1.82) is 5.53 Å². The highest BCUT2D eigenvalue weighted by Gasteiger charge is 2.15. The van der Waals surface area contributed by atoms with Gasteiger partial charge in [-0.3, -0.25) is 4.99 Å². The summed E-state index contributed by atoms with van der Waals surface area (Å²) in [5.41, 5.74) is 21.3. The zero-order chi connectivity index (χ0) is 39.7. The van der Waals surface area contributed by atoms with Gasteiger partial charge in [-0.1, -0.05) is 183 Å². The van der Waals surface area contributed by atoms with Gasteiger partial charge < -0.3 is 14.2 Å². The van der Waals surface area contributed by atoms with Crippen molar-refractivity contribution < 1.29 is 14.2 Å². The number of hydrogen-bond donors (Lipinski definition) is 1. The molecule has 0 aliphatic carbocycles. The fourth-order valence-corrected chi connectivity index (χ4v) is 7.08. The van der Waals surface area contributed by atoms with Crippen molar-refractivity contribution in [1.82, 2.24) is 0 Å². The summed E-state index contributed by atoms with van der Waals surface area (Å²) < 4.78 is 19.0. The monoisotopic (exact) mass is 755 g/mol. The molecule has 6 heteroatoms. The van der Waals surface area contributed by atoms with Crippen molar-refractivity contribution in [2.45, 2.75) is 58.7 Å². The number of ether oxygens (including phenoxy) is 3. The van der Waals surface area contributed by atoms with Crippen molar-refractivity contribution in [3.05, 3.63) is 219 Å². The average Bonchev–Trinajstić information content (AvgIpc) is 3.27. The van der Waals surface area contributed by atoms with Crippen LogP contribution < -0.4 is 0 Å². The second kappa shape index (κ2) is 21.5. The van der Waals surface area contributed by atoms with Crippen LogP contribution in [-0.2, 0) is 34.0 Å². The molecule has 6 nitrogen and oxygen atoms in total. The summed E-state index contributed by atoms with van der Waals surface area (Å²) in [6.45, 7) is 6.55. The molecule has 6 aromatic carbocycles. The van der Waals surface area contributed by atoms with Gasteiger partial charge in [0.2, 0.25) is 0 Å². The third kappa shape index (κ3) is 11.4. The third-order valence-corrected chi connectivity index (χ3v) is 10.2. The fraction of sp³-hybridized carbons (Fsp3) is 0.235. The van der Waals surface area contributed by atoms with E-state index in [0.29, 0.717) is 33.0 Å². The molecule has 6 rings (SSSR count). The molecule has 1 N–H and O–H groups in total. The third-order valence-electron chi connectivity index (χ3n) is 10.2. The first-order valence-corrected chi connectivity index (χ1v) is 19.9. The molecule has 0 aliphatic heterocycles. The SMILES string of the molecule is CCC(CC)=C(c1ccccc1)c1ccc(COCC(COCc2ccc(C(=NC)c3ccccc3)cc2)OCc2ccc(C(N=N)c3ccccc3)cc2)cc1. The minimum atomic E-state index is -0.334. The molecular weight excluding hydrogens is 703 g/mol. The van der Waals surface area contributed by atoms with E-state index in [1.807, 2.05) is 79.8 Å². The van der Waals surface area contributed by atoms with Gasteiger partial charge in [-0.25, -0.2) is 5.53 Å². The quantitative estimate of drug-likeness (QED) is 0.0623. The van der Waals surface area contributed by atoms with E-state index in [4.69, 9.17) is 19.7 Å². The van der Waals surface area contributed by atoms with Crippen LogP contribution in [0.25, 0.3) is 5.57 Å². The molecule has 57 heavy (non-hydrogen) atoms. The Balaban J connectivity index is 1.09. The lowest BCUT2D eigenvalue weighted by atomic mass is 9.90. The molecule has 2 atom stereocenters. The van der Waals surface area contributed by atoms with Crippen molar-refractivity contribution in [2.24, 2.45) is 10.1 Å². The molecule has 0 amide bonds. The summed E-state index contributed by atoms with van der Waals surface area (Å²) in [6.07, 6.45) is 1.75. The predicted molar refractivity (Wildman–Crippen MR) is 232 cm³/mol. The van der Waals surface area contributed by atoms with E-state index in [0.717, 1.165) is 57.5 Å². The Hall–Kier alpha value is -5.79. The number of nitrogens with one attached hydrogen (secondary N) is 1. The van der Waals surface area contributed by atoms with Gasteiger partial charge in [-0.2, -0.15) is 5.11 Å². The molecule has 0 spiro atoms. The summed E-state index contributed by atoms with van der Waals surface area (Å²) in [5, 5.41) is 3.90. The summed E-state index contributed by atoms with van der Waals surface area (Å²) in [4.78, 5) is 4.55. The van der Waals surface area contributed by atoms with Crippen molar-refractivity contribution in [3.8, 4) is 0 Å². The second-order valence-corrected chi connectivity index (χ2v) is 14.0. The van der Waals surface area contributed by atoms with Crippen LogP contribution in [0.2, 0.25) is 0 Å². The summed E-state index contributed by atoms with van der Waals surface area (Å²) in [5.74, 6) is 0. The van der Waals surface area contributed by atoms with E-state index in [1.54, 1.807) is 0 Å². The minimum Gasteiger partial charge on any atom is -0.374 e. The zero-order valence-electron chi connectivity index (χ0n) is 33.3. The van der Waals surface area contributed by atoms with Crippen LogP contribution in [0.1, 0.15) is 82.8 Å². The minimum absolute atomic E-state index is 0.287. The van der Waals surface area contributed by atoms with Gasteiger partial charge in [-0.15, -0.1) is 0 Å². The van der Waals surface area contributed by atoms with E-state index in [2.05, 4.69) is 115 Å². The van der Waals surface area contributed by atoms with Gasteiger partial charge >= 0.3 is 0 Å². The summed E-state index contributed by atoms with van der Waals surface area (Å²) >= 11 is 0. The maximum Gasteiger partial charge on any atom is 0.121 e. The predicted octanol–water partition coefficient (Wildman–Crippen LogP) is 12.2.